The van der Waals surface area contributed by atoms with Crippen LogP contribution in [0.5, 0.6) is 5.88 Å². The highest BCUT2D eigenvalue weighted by molar-refractivity contribution is 7.20. The number of aromatic amines is 1. The van der Waals surface area contributed by atoms with Crippen LogP contribution >= 0.6 is 22.9 Å². The van der Waals surface area contributed by atoms with Gasteiger partial charge < -0.3 is 14.5 Å². The smallest absolute Gasteiger partial charge is 0.348 e. The molecule has 0 amide bonds. The van der Waals surface area contributed by atoms with E-state index < -0.39 is 5.82 Å². The highest BCUT2D eigenvalue weighted by atomic mass is 35.5. The van der Waals surface area contributed by atoms with Crippen molar-refractivity contribution in [1.29, 1.82) is 0 Å². The van der Waals surface area contributed by atoms with Gasteiger partial charge in [-0.05, 0) is 43.2 Å². The maximum absolute atomic E-state index is 14.0. The molecule has 3 aromatic heterocycles. The lowest BCUT2D eigenvalue weighted by atomic mass is 10.0. The summed E-state index contributed by atoms with van der Waals surface area (Å²) in [5, 5.41) is 0.352. The number of pyridine rings is 1. The summed E-state index contributed by atoms with van der Waals surface area (Å²) in [6.07, 6.45) is 3.00. The summed E-state index contributed by atoms with van der Waals surface area (Å²) in [7, 11) is 0. The fraction of sp³-hybridized carbons (Fsp3) is 0.269. The molecule has 0 radical (unpaired) electrons. The van der Waals surface area contributed by atoms with Crippen molar-refractivity contribution in [3.63, 3.8) is 0 Å². The summed E-state index contributed by atoms with van der Waals surface area (Å²) in [5.41, 5.74) is 3.28. The third-order valence-corrected chi connectivity index (χ3v) is 7.06. The summed E-state index contributed by atoms with van der Waals surface area (Å²) in [5.74, 6) is 0.600. The first kappa shape index (κ1) is 24.4. The molecule has 0 fully saturated rings. The molecule has 5 rings (SSSR count). The summed E-state index contributed by atoms with van der Waals surface area (Å²) < 4.78 is 24.8. The lowest BCUT2D eigenvalue weighted by Gasteiger charge is -2.25. The molecule has 4 heterocycles. The van der Waals surface area contributed by atoms with Crippen LogP contribution in [0, 0.1) is 5.82 Å². The molecule has 1 N–H and O–H groups in total. The first-order valence-corrected chi connectivity index (χ1v) is 12.8. The largest absolute Gasteiger partial charge is 0.473 e. The standard InChI is InChI=1S/C26H24ClFN4O3S/c1-2-34-26(33)22-13-21-25(36-22)31-23(29-21)14-32-10-8-16(9-11-32)20-4-3-5-24(30-20)35-15-17-6-7-18(27)12-19(17)28/h3-8,12-13H,2,9-11,14-15H2,1H3,(H,29,31). The Bertz CT molecular complexity index is 1400. The van der Waals surface area contributed by atoms with E-state index >= 15 is 0 Å². The number of hydrogen-bond donors (Lipinski definition) is 1. The van der Waals surface area contributed by atoms with Crippen LogP contribution in [0.2, 0.25) is 5.02 Å². The number of rotatable bonds is 8. The van der Waals surface area contributed by atoms with Gasteiger partial charge in [-0.1, -0.05) is 29.8 Å². The first-order valence-electron chi connectivity index (χ1n) is 11.6. The van der Waals surface area contributed by atoms with Gasteiger partial charge in [-0.3, -0.25) is 4.90 Å². The predicted octanol–water partition coefficient (Wildman–Crippen LogP) is 5.86. The summed E-state index contributed by atoms with van der Waals surface area (Å²) in [6, 6.07) is 11.9. The molecule has 0 saturated carbocycles. The van der Waals surface area contributed by atoms with Crippen molar-refractivity contribution in [2.45, 2.75) is 26.5 Å². The minimum Gasteiger partial charge on any atom is -0.473 e. The van der Waals surface area contributed by atoms with Crippen molar-refractivity contribution < 1.29 is 18.7 Å². The molecule has 1 aliphatic rings. The van der Waals surface area contributed by atoms with E-state index in [0.717, 1.165) is 46.9 Å². The molecule has 0 unspecified atom stereocenters. The van der Waals surface area contributed by atoms with Gasteiger partial charge in [0.05, 0.1) is 24.4 Å². The van der Waals surface area contributed by atoms with Gasteiger partial charge in [-0.15, -0.1) is 11.3 Å². The summed E-state index contributed by atoms with van der Waals surface area (Å²) in [4.78, 5) is 28.1. The minimum absolute atomic E-state index is 0.0775. The molecule has 10 heteroatoms. The number of thiophene rings is 1. The minimum atomic E-state index is -0.399. The number of carbonyl (C=O) groups is 1. The Morgan fingerprint density at radius 3 is 2.89 bits per heavy atom. The van der Waals surface area contributed by atoms with Gasteiger partial charge >= 0.3 is 5.97 Å². The molecule has 1 aromatic carbocycles. The van der Waals surface area contributed by atoms with E-state index in [4.69, 9.17) is 21.1 Å². The second-order valence-electron chi connectivity index (χ2n) is 8.33. The zero-order valence-electron chi connectivity index (χ0n) is 19.6. The van der Waals surface area contributed by atoms with Crippen LogP contribution in [0.1, 0.15) is 40.1 Å². The quantitative estimate of drug-likeness (QED) is 0.290. The molecule has 0 bridgehead atoms. The van der Waals surface area contributed by atoms with Crippen LogP contribution in [-0.4, -0.2) is 45.5 Å². The Morgan fingerprint density at radius 1 is 1.25 bits per heavy atom. The predicted molar refractivity (Wildman–Crippen MR) is 138 cm³/mol. The number of imidazole rings is 1. The molecule has 1 aliphatic heterocycles. The Labute approximate surface area is 216 Å². The number of ether oxygens (including phenoxy) is 2. The number of aromatic nitrogens is 3. The summed E-state index contributed by atoms with van der Waals surface area (Å²) >= 11 is 7.15. The number of hydrogen-bond acceptors (Lipinski definition) is 7. The monoisotopic (exact) mass is 526 g/mol. The summed E-state index contributed by atoms with van der Waals surface area (Å²) in [6.45, 7) is 4.52. The van der Waals surface area contributed by atoms with E-state index in [1.165, 1.54) is 17.4 Å². The number of esters is 1. The number of carbonyl (C=O) groups excluding carboxylic acids is 1. The molecule has 36 heavy (non-hydrogen) atoms. The van der Waals surface area contributed by atoms with Crippen molar-refractivity contribution in [2.24, 2.45) is 0 Å². The fourth-order valence-corrected chi connectivity index (χ4v) is 5.06. The maximum atomic E-state index is 14.0. The second kappa shape index (κ2) is 10.8. The van der Waals surface area contributed by atoms with E-state index in [9.17, 15) is 9.18 Å². The van der Waals surface area contributed by atoms with Crippen LogP contribution in [0.25, 0.3) is 15.9 Å². The van der Waals surface area contributed by atoms with E-state index in [1.54, 1.807) is 31.2 Å². The van der Waals surface area contributed by atoms with Gasteiger partial charge in [0.1, 0.15) is 28.0 Å². The van der Waals surface area contributed by atoms with Crippen LogP contribution in [0.15, 0.2) is 48.5 Å². The van der Waals surface area contributed by atoms with E-state index in [2.05, 4.69) is 25.9 Å². The fourth-order valence-electron chi connectivity index (χ4n) is 4.00. The third kappa shape index (κ3) is 5.59. The number of halogens is 2. The Kier molecular flexibility index (Phi) is 7.31. The molecule has 0 saturated heterocycles. The highest BCUT2D eigenvalue weighted by Gasteiger charge is 2.18. The molecule has 0 aliphatic carbocycles. The van der Waals surface area contributed by atoms with Crippen LogP contribution in [0.4, 0.5) is 4.39 Å². The van der Waals surface area contributed by atoms with Gasteiger partial charge in [0.2, 0.25) is 5.88 Å². The van der Waals surface area contributed by atoms with Crippen molar-refractivity contribution in [1.82, 2.24) is 19.9 Å². The number of nitrogens with one attached hydrogen (secondary N) is 1. The van der Waals surface area contributed by atoms with Gasteiger partial charge in [-0.25, -0.2) is 19.2 Å². The molecular weight excluding hydrogens is 503 g/mol. The van der Waals surface area contributed by atoms with Crippen molar-refractivity contribution >= 4 is 44.8 Å². The van der Waals surface area contributed by atoms with E-state index in [0.29, 0.717) is 34.5 Å². The molecule has 7 nitrogen and oxygen atoms in total. The Balaban J connectivity index is 1.19. The average molecular weight is 527 g/mol. The third-order valence-electron chi connectivity index (χ3n) is 5.81. The molecule has 186 valence electrons. The van der Waals surface area contributed by atoms with Crippen molar-refractivity contribution in [2.75, 3.05) is 19.7 Å². The van der Waals surface area contributed by atoms with Crippen LogP contribution in [-0.2, 0) is 17.9 Å². The number of benzene rings is 1. The SMILES string of the molecule is CCOC(=O)c1cc2[nH]c(CN3CC=C(c4cccc(OCc5ccc(Cl)cc5F)n4)CC3)nc2s1. The average Bonchev–Trinajstić information content (AvgIpc) is 3.43. The van der Waals surface area contributed by atoms with Gasteiger partial charge in [0, 0.05) is 29.7 Å². The molecular formula is C26H24ClFN4O3S. The Morgan fingerprint density at radius 2 is 2.14 bits per heavy atom. The maximum Gasteiger partial charge on any atom is 0.348 e. The van der Waals surface area contributed by atoms with Crippen LogP contribution < -0.4 is 4.74 Å². The zero-order valence-corrected chi connectivity index (χ0v) is 21.2. The number of H-pyrrole nitrogens is 1. The number of fused-ring (bicyclic) bond motifs is 1. The Hall–Kier alpha value is -3.27. The van der Waals surface area contributed by atoms with Crippen molar-refractivity contribution in [3.8, 4) is 5.88 Å². The van der Waals surface area contributed by atoms with E-state index in [-0.39, 0.29) is 12.6 Å². The highest BCUT2D eigenvalue weighted by Crippen LogP contribution is 2.27. The zero-order chi connectivity index (χ0) is 25.1. The molecule has 0 atom stereocenters. The lowest BCUT2D eigenvalue weighted by molar-refractivity contribution is 0.0532. The van der Waals surface area contributed by atoms with Gasteiger partial charge in [-0.2, -0.15) is 0 Å². The molecule has 4 aromatic rings. The van der Waals surface area contributed by atoms with E-state index in [1.807, 2.05) is 12.1 Å². The normalized spacial score (nSPS) is 14.1. The lowest BCUT2D eigenvalue weighted by Crippen LogP contribution is -2.28. The van der Waals surface area contributed by atoms with Gasteiger partial charge in [0.15, 0.2) is 0 Å². The second-order valence-corrected chi connectivity index (χ2v) is 9.80. The molecule has 0 spiro atoms. The van der Waals surface area contributed by atoms with Crippen molar-refractivity contribution in [3.05, 3.63) is 81.3 Å². The first-order chi connectivity index (χ1) is 17.5. The van der Waals surface area contributed by atoms with Crippen LogP contribution in [0.3, 0.4) is 0 Å². The number of nitrogens with zero attached hydrogens (tertiary/aromatic N) is 3. The van der Waals surface area contributed by atoms with Gasteiger partial charge in [0.25, 0.3) is 0 Å². The topological polar surface area (TPSA) is 80.3 Å².